The third kappa shape index (κ3) is 5.33. The molecule has 0 aliphatic carbocycles. The second-order valence-electron chi connectivity index (χ2n) is 6.16. The van der Waals surface area contributed by atoms with Crippen LogP contribution in [-0.2, 0) is 14.8 Å². The third-order valence-corrected chi connectivity index (χ3v) is 6.27. The number of hydrogen-bond acceptors (Lipinski definition) is 5. The molecule has 29 heavy (non-hydrogen) atoms. The van der Waals surface area contributed by atoms with Crippen molar-refractivity contribution in [2.45, 2.75) is 25.7 Å². The summed E-state index contributed by atoms with van der Waals surface area (Å²) in [5.41, 5.74) is 1.19. The molecule has 0 bridgehead atoms. The molecule has 9 heteroatoms. The third-order valence-electron chi connectivity index (χ3n) is 4.22. The van der Waals surface area contributed by atoms with Crippen LogP contribution < -0.4 is 15.4 Å². The lowest BCUT2D eigenvalue weighted by atomic mass is 10.1. The standard InChI is InChI=1S/C20H25N3O5S/c1-5-23(6-2)29(26,27)17-11-12-19(28-4)18(13-17)20(25)22-16-9-7-15(8-10-16)21-14(3)24/h7-13H,5-6H2,1-4H3,(H,21,24)(H,22,25). The Morgan fingerprint density at radius 3 is 2.00 bits per heavy atom. The smallest absolute Gasteiger partial charge is 0.259 e. The number of carbonyl (C=O) groups excluding carboxylic acids is 2. The van der Waals surface area contributed by atoms with E-state index in [0.717, 1.165) is 0 Å². The van der Waals surface area contributed by atoms with Crippen molar-refractivity contribution in [2.24, 2.45) is 0 Å². The molecular weight excluding hydrogens is 394 g/mol. The number of sulfonamides is 1. The van der Waals surface area contributed by atoms with Gasteiger partial charge < -0.3 is 15.4 Å². The van der Waals surface area contributed by atoms with Gasteiger partial charge in [0, 0.05) is 31.4 Å². The second-order valence-corrected chi connectivity index (χ2v) is 8.10. The molecule has 0 spiro atoms. The lowest BCUT2D eigenvalue weighted by molar-refractivity contribution is -0.114. The van der Waals surface area contributed by atoms with Gasteiger partial charge in [-0.25, -0.2) is 8.42 Å². The quantitative estimate of drug-likeness (QED) is 0.684. The first kappa shape index (κ1) is 22.4. The summed E-state index contributed by atoms with van der Waals surface area (Å²) in [6.07, 6.45) is 0. The molecule has 0 fully saturated rings. The molecule has 2 amide bonds. The van der Waals surface area contributed by atoms with Crippen molar-refractivity contribution in [2.75, 3.05) is 30.8 Å². The van der Waals surface area contributed by atoms with Crippen LogP contribution in [0.4, 0.5) is 11.4 Å². The molecule has 0 heterocycles. The highest BCUT2D eigenvalue weighted by Gasteiger charge is 2.24. The number of anilines is 2. The zero-order valence-corrected chi connectivity index (χ0v) is 17.7. The molecule has 2 N–H and O–H groups in total. The SMILES string of the molecule is CCN(CC)S(=O)(=O)c1ccc(OC)c(C(=O)Nc2ccc(NC(C)=O)cc2)c1. The van der Waals surface area contributed by atoms with Gasteiger partial charge in [-0.1, -0.05) is 13.8 Å². The number of ether oxygens (including phenoxy) is 1. The molecule has 0 saturated heterocycles. The average Bonchev–Trinajstić information content (AvgIpc) is 2.69. The predicted octanol–water partition coefficient (Wildman–Crippen LogP) is 2.94. The van der Waals surface area contributed by atoms with Crippen molar-refractivity contribution in [1.82, 2.24) is 4.31 Å². The summed E-state index contributed by atoms with van der Waals surface area (Å²) in [7, 11) is -2.31. The maximum absolute atomic E-state index is 12.8. The first-order valence-corrected chi connectivity index (χ1v) is 10.5. The molecule has 0 aromatic heterocycles. The highest BCUT2D eigenvalue weighted by molar-refractivity contribution is 7.89. The molecule has 2 aromatic rings. The lowest BCUT2D eigenvalue weighted by Crippen LogP contribution is -2.30. The summed E-state index contributed by atoms with van der Waals surface area (Å²) in [4.78, 5) is 23.9. The lowest BCUT2D eigenvalue weighted by Gasteiger charge is -2.19. The van der Waals surface area contributed by atoms with E-state index in [0.29, 0.717) is 24.5 Å². The van der Waals surface area contributed by atoms with Crippen LogP contribution in [0.15, 0.2) is 47.4 Å². The van der Waals surface area contributed by atoms with Gasteiger partial charge in [0.05, 0.1) is 17.6 Å². The van der Waals surface area contributed by atoms with Crippen LogP contribution in [0, 0.1) is 0 Å². The Morgan fingerprint density at radius 1 is 0.966 bits per heavy atom. The largest absolute Gasteiger partial charge is 0.496 e. The predicted molar refractivity (Wildman–Crippen MR) is 112 cm³/mol. The van der Waals surface area contributed by atoms with Gasteiger partial charge in [0.25, 0.3) is 5.91 Å². The molecule has 0 atom stereocenters. The highest BCUT2D eigenvalue weighted by Crippen LogP contribution is 2.26. The van der Waals surface area contributed by atoms with Crippen molar-refractivity contribution < 1.29 is 22.7 Å². The van der Waals surface area contributed by atoms with E-state index in [1.165, 1.54) is 36.5 Å². The van der Waals surface area contributed by atoms with Gasteiger partial charge in [0.15, 0.2) is 0 Å². The van der Waals surface area contributed by atoms with Crippen LogP contribution in [0.3, 0.4) is 0 Å². The van der Waals surface area contributed by atoms with Gasteiger partial charge in [-0.05, 0) is 42.5 Å². The van der Waals surface area contributed by atoms with Gasteiger partial charge in [-0.2, -0.15) is 4.31 Å². The van der Waals surface area contributed by atoms with Crippen molar-refractivity contribution in [3.05, 3.63) is 48.0 Å². The van der Waals surface area contributed by atoms with Crippen molar-refractivity contribution in [3.8, 4) is 5.75 Å². The van der Waals surface area contributed by atoms with Crippen LogP contribution in [0.25, 0.3) is 0 Å². The molecule has 2 rings (SSSR count). The van der Waals surface area contributed by atoms with Gasteiger partial charge >= 0.3 is 0 Å². The van der Waals surface area contributed by atoms with Crippen LogP contribution in [0.1, 0.15) is 31.1 Å². The van der Waals surface area contributed by atoms with E-state index >= 15 is 0 Å². The van der Waals surface area contributed by atoms with Crippen LogP contribution in [-0.4, -0.2) is 44.7 Å². The van der Waals surface area contributed by atoms with Crippen molar-refractivity contribution >= 4 is 33.2 Å². The Kier molecular flexibility index (Phi) is 7.35. The van der Waals surface area contributed by atoms with Crippen LogP contribution >= 0.6 is 0 Å². The Hall–Kier alpha value is -2.91. The molecule has 8 nitrogen and oxygen atoms in total. The Balaban J connectivity index is 2.32. The topological polar surface area (TPSA) is 105 Å². The maximum Gasteiger partial charge on any atom is 0.259 e. The minimum atomic E-state index is -3.71. The normalized spacial score (nSPS) is 11.2. The monoisotopic (exact) mass is 419 g/mol. The number of amides is 2. The Bertz CT molecular complexity index is 984. The van der Waals surface area contributed by atoms with Gasteiger partial charge in [0.1, 0.15) is 5.75 Å². The molecule has 0 radical (unpaired) electrons. The van der Waals surface area contributed by atoms with E-state index in [4.69, 9.17) is 4.74 Å². The van der Waals surface area contributed by atoms with Gasteiger partial charge in [0.2, 0.25) is 15.9 Å². The maximum atomic E-state index is 12.8. The minimum Gasteiger partial charge on any atom is -0.496 e. The second kappa shape index (κ2) is 9.53. The molecule has 156 valence electrons. The zero-order chi connectivity index (χ0) is 21.6. The molecule has 0 aliphatic rings. The van der Waals surface area contributed by atoms with Crippen molar-refractivity contribution in [3.63, 3.8) is 0 Å². The first-order valence-electron chi connectivity index (χ1n) is 9.10. The van der Waals surface area contributed by atoms with E-state index < -0.39 is 15.9 Å². The molecule has 0 aliphatic heterocycles. The number of methoxy groups -OCH3 is 1. The summed E-state index contributed by atoms with van der Waals surface area (Å²) in [6, 6.07) is 10.8. The first-order chi connectivity index (χ1) is 13.7. The number of rotatable bonds is 8. The van der Waals surface area contributed by atoms with E-state index in [2.05, 4.69) is 10.6 Å². The summed E-state index contributed by atoms with van der Waals surface area (Å²) in [5.74, 6) is -0.445. The fraction of sp³-hybridized carbons (Fsp3) is 0.300. The zero-order valence-electron chi connectivity index (χ0n) is 16.9. The number of benzene rings is 2. The van der Waals surface area contributed by atoms with Crippen LogP contribution in [0.5, 0.6) is 5.75 Å². The summed E-state index contributed by atoms with van der Waals surface area (Å²) in [5, 5.41) is 5.35. The number of nitrogens with one attached hydrogen (secondary N) is 2. The van der Waals surface area contributed by atoms with E-state index in [1.54, 1.807) is 38.1 Å². The Morgan fingerprint density at radius 2 is 1.52 bits per heavy atom. The summed E-state index contributed by atoms with van der Waals surface area (Å²) < 4.78 is 32.1. The Labute approximate surface area is 170 Å². The molecule has 0 unspecified atom stereocenters. The van der Waals surface area contributed by atoms with E-state index in [1.807, 2.05) is 0 Å². The summed E-state index contributed by atoms with van der Waals surface area (Å²) >= 11 is 0. The van der Waals surface area contributed by atoms with E-state index in [-0.39, 0.29) is 22.1 Å². The molecule has 0 saturated carbocycles. The number of hydrogen-bond donors (Lipinski definition) is 2. The highest BCUT2D eigenvalue weighted by atomic mass is 32.2. The molecule has 2 aromatic carbocycles. The summed E-state index contributed by atoms with van der Waals surface area (Å²) in [6.45, 7) is 5.56. The number of carbonyl (C=O) groups is 2. The minimum absolute atomic E-state index is 0.0214. The number of nitrogens with zero attached hydrogens (tertiary/aromatic N) is 1. The van der Waals surface area contributed by atoms with Gasteiger partial charge in [-0.3, -0.25) is 9.59 Å². The van der Waals surface area contributed by atoms with Gasteiger partial charge in [-0.15, -0.1) is 0 Å². The fourth-order valence-electron chi connectivity index (χ4n) is 2.78. The van der Waals surface area contributed by atoms with E-state index in [9.17, 15) is 18.0 Å². The molecular formula is C20H25N3O5S. The van der Waals surface area contributed by atoms with Crippen LogP contribution in [0.2, 0.25) is 0 Å². The fourth-order valence-corrected chi connectivity index (χ4v) is 4.26. The van der Waals surface area contributed by atoms with Crippen molar-refractivity contribution in [1.29, 1.82) is 0 Å². The average molecular weight is 420 g/mol.